The van der Waals surface area contributed by atoms with Crippen LogP contribution in [0.15, 0.2) is 24.3 Å². The molecule has 0 aromatic heterocycles. The van der Waals surface area contributed by atoms with Gasteiger partial charge < -0.3 is 40.5 Å². The van der Waals surface area contributed by atoms with Crippen molar-refractivity contribution < 1.29 is 47.8 Å². The number of ether oxygens (including phenoxy) is 2. The lowest BCUT2D eigenvalue weighted by Gasteiger charge is -2.33. The van der Waals surface area contributed by atoms with Gasteiger partial charge in [0.15, 0.2) is 11.6 Å². The number of ketones is 3. The number of rotatable bonds is 24. The van der Waals surface area contributed by atoms with Gasteiger partial charge in [0.05, 0.1) is 12.6 Å². The molecule has 0 saturated carbocycles. The number of carbonyl (C=O) groups is 8. The molecule has 1 aliphatic heterocycles. The zero-order chi connectivity index (χ0) is 46.8. The summed E-state index contributed by atoms with van der Waals surface area (Å²) in [6, 6.07) is 6.09. The Bertz CT molecular complexity index is 1680. The molecule has 4 N–H and O–H groups in total. The van der Waals surface area contributed by atoms with Gasteiger partial charge in [-0.2, -0.15) is 0 Å². The Balaban J connectivity index is 1.92. The maximum atomic E-state index is 13.7. The Morgan fingerprint density at radius 3 is 1.97 bits per heavy atom. The molecule has 1 heterocycles. The second kappa shape index (κ2) is 25.3. The highest BCUT2D eigenvalue weighted by Gasteiger charge is 2.33. The van der Waals surface area contributed by atoms with Crippen LogP contribution in [0.2, 0.25) is 0 Å². The molecule has 1 fully saturated rings. The number of likely N-dealkylation sites (N-methyl/N-ethyl adjacent to an activating group) is 2. The fourth-order valence-electron chi connectivity index (χ4n) is 6.92. The number of benzene rings is 1. The smallest absolute Gasteiger partial charge is 0.410 e. The molecule has 5 amide bonds. The van der Waals surface area contributed by atoms with Crippen LogP contribution in [0.4, 0.5) is 9.59 Å². The largest absolute Gasteiger partial charge is 0.445 e. The standard InChI is InChI=1S/C46H74N6O10/c1-31(2)36(28-35(53)29-48-40(56)21-24-52-22-19-34(20-23-52)41(57)45(3,4)5)42(58)49-37(13-11-12-14-39(47)55)38(54)27-32-15-17-33(18-16-32)30-61-43(59)50(9)25-26-51(10)44(60)62-46(6,7)8/h15-18,31,34,36-37H,11-14,19-30H2,1-10H3,(H2,47,55)(H,48,56)(H,49,58)/t36-,37-/m0/s1. The second-order valence-electron chi connectivity index (χ2n) is 19.0. The van der Waals surface area contributed by atoms with E-state index in [0.29, 0.717) is 30.5 Å². The average molecular weight is 871 g/mol. The number of nitrogens with two attached hydrogens (primary N) is 1. The predicted molar refractivity (Wildman–Crippen MR) is 236 cm³/mol. The average Bonchev–Trinajstić information content (AvgIpc) is 3.19. The van der Waals surface area contributed by atoms with Crippen LogP contribution in [0.5, 0.6) is 0 Å². The number of unbranched alkanes of at least 4 members (excludes halogenated alkanes) is 1. The molecule has 16 nitrogen and oxygen atoms in total. The van der Waals surface area contributed by atoms with E-state index in [0.717, 1.165) is 25.9 Å². The highest BCUT2D eigenvalue weighted by Crippen LogP contribution is 2.27. The fraction of sp³-hybridized carbons (Fsp3) is 0.696. The summed E-state index contributed by atoms with van der Waals surface area (Å²) in [7, 11) is 3.15. The van der Waals surface area contributed by atoms with Crippen molar-refractivity contribution >= 4 is 47.3 Å². The van der Waals surface area contributed by atoms with Gasteiger partial charge >= 0.3 is 12.2 Å². The molecule has 0 bridgehead atoms. The highest BCUT2D eigenvalue weighted by atomic mass is 16.6. The summed E-state index contributed by atoms with van der Waals surface area (Å²) < 4.78 is 10.8. The Kier molecular flexibility index (Phi) is 21.7. The summed E-state index contributed by atoms with van der Waals surface area (Å²) in [6.07, 6.45) is 1.88. The third-order valence-electron chi connectivity index (χ3n) is 10.8. The topological polar surface area (TPSA) is 215 Å². The number of amides is 5. The van der Waals surface area contributed by atoms with E-state index in [4.69, 9.17) is 15.2 Å². The first kappa shape index (κ1) is 53.3. The number of carbonyl (C=O) groups excluding carboxylic acids is 8. The minimum absolute atomic E-state index is 0.000896. The molecule has 1 aromatic carbocycles. The molecule has 0 radical (unpaired) electrons. The van der Waals surface area contributed by atoms with Gasteiger partial charge in [-0.15, -0.1) is 0 Å². The third-order valence-corrected chi connectivity index (χ3v) is 10.8. The second-order valence-corrected chi connectivity index (χ2v) is 19.0. The normalized spacial score (nSPS) is 14.6. The van der Waals surface area contributed by atoms with Crippen LogP contribution in [-0.2, 0) is 51.3 Å². The van der Waals surface area contributed by atoms with E-state index in [1.807, 2.05) is 34.6 Å². The number of nitrogens with one attached hydrogen (secondary N) is 2. The van der Waals surface area contributed by atoms with Crippen LogP contribution in [0.3, 0.4) is 0 Å². The predicted octanol–water partition coefficient (Wildman–Crippen LogP) is 4.83. The Labute approximate surface area is 368 Å². The molecular weight excluding hydrogens is 797 g/mol. The molecular formula is C46H74N6O10. The number of nitrogens with zero attached hydrogens (tertiary/aromatic N) is 3. The lowest BCUT2D eigenvalue weighted by Crippen LogP contribution is -2.46. The maximum Gasteiger partial charge on any atom is 0.410 e. The first-order valence-corrected chi connectivity index (χ1v) is 21.9. The monoisotopic (exact) mass is 871 g/mol. The van der Waals surface area contributed by atoms with Gasteiger partial charge in [-0.05, 0) is 76.6 Å². The van der Waals surface area contributed by atoms with Crippen molar-refractivity contribution in [2.75, 3.05) is 53.4 Å². The van der Waals surface area contributed by atoms with Crippen LogP contribution in [0.1, 0.15) is 118 Å². The van der Waals surface area contributed by atoms with E-state index >= 15 is 0 Å². The van der Waals surface area contributed by atoms with Gasteiger partial charge in [0, 0.05) is 76.7 Å². The molecule has 1 aromatic rings. The van der Waals surface area contributed by atoms with Gasteiger partial charge in [0.25, 0.3) is 0 Å². The van der Waals surface area contributed by atoms with E-state index in [9.17, 15) is 38.4 Å². The molecule has 0 unspecified atom stereocenters. The zero-order valence-corrected chi connectivity index (χ0v) is 38.9. The maximum absolute atomic E-state index is 13.7. The molecule has 0 spiro atoms. The van der Waals surface area contributed by atoms with Crippen molar-refractivity contribution in [1.29, 1.82) is 0 Å². The van der Waals surface area contributed by atoms with Gasteiger partial charge in [0.2, 0.25) is 17.7 Å². The Hall–Kier alpha value is -4.86. The highest BCUT2D eigenvalue weighted by molar-refractivity contribution is 5.94. The quantitative estimate of drug-likeness (QED) is 0.120. The van der Waals surface area contributed by atoms with Gasteiger partial charge in [-0.1, -0.05) is 65.3 Å². The summed E-state index contributed by atoms with van der Waals surface area (Å²) in [6.45, 7) is 17.0. The molecule has 2 atom stereocenters. The lowest BCUT2D eigenvalue weighted by molar-refractivity contribution is -0.133. The van der Waals surface area contributed by atoms with E-state index in [1.165, 1.54) is 9.80 Å². The number of likely N-dealkylation sites (tertiary alicyclic amines) is 1. The number of hydrogen-bond donors (Lipinski definition) is 3. The van der Waals surface area contributed by atoms with Crippen molar-refractivity contribution in [1.82, 2.24) is 25.3 Å². The van der Waals surface area contributed by atoms with Crippen molar-refractivity contribution in [2.45, 2.75) is 131 Å². The SMILES string of the molecule is CC(C)[C@H](CC(=O)CNC(=O)CCN1CCC(C(=O)C(C)(C)C)CC1)C(=O)N[C@@H](CCCCC(N)=O)C(=O)Cc1ccc(COC(=O)N(C)CCN(C)C(=O)OC(C)(C)C)cc1. The van der Waals surface area contributed by atoms with E-state index in [2.05, 4.69) is 15.5 Å². The van der Waals surface area contributed by atoms with Crippen molar-refractivity contribution in [3.8, 4) is 0 Å². The molecule has 2 rings (SSSR count). The zero-order valence-electron chi connectivity index (χ0n) is 38.9. The summed E-state index contributed by atoms with van der Waals surface area (Å²) in [5.41, 5.74) is 5.68. The van der Waals surface area contributed by atoms with Crippen LogP contribution >= 0.6 is 0 Å². The molecule has 16 heteroatoms. The van der Waals surface area contributed by atoms with Crippen molar-refractivity contribution in [2.24, 2.45) is 28.9 Å². The first-order chi connectivity index (χ1) is 28.9. The minimum atomic E-state index is -0.881. The van der Waals surface area contributed by atoms with Gasteiger partial charge in [-0.25, -0.2) is 9.59 Å². The molecule has 0 aliphatic carbocycles. The van der Waals surface area contributed by atoms with Gasteiger partial charge in [-0.3, -0.25) is 28.8 Å². The fourth-order valence-corrected chi connectivity index (χ4v) is 6.92. The Morgan fingerprint density at radius 1 is 0.839 bits per heavy atom. The summed E-state index contributed by atoms with van der Waals surface area (Å²) in [4.78, 5) is 107. The van der Waals surface area contributed by atoms with Crippen molar-refractivity contribution in [3.63, 3.8) is 0 Å². The molecule has 1 saturated heterocycles. The third kappa shape index (κ3) is 20.3. The summed E-state index contributed by atoms with van der Waals surface area (Å²) in [5.74, 6) is -2.40. The van der Waals surface area contributed by atoms with Crippen molar-refractivity contribution in [3.05, 3.63) is 35.4 Å². The first-order valence-electron chi connectivity index (χ1n) is 21.9. The van der Waals surface area contributed by atoms with E-state index < -0.39 is 41.6 Å². The summed E-state index contributed by atoms with van der Waals surface area (Å²) in [5, 5.41) is 5.56. The number of Topliss-reactive ketones (excluding diaryl/α,β-unsaturated/α-hetero) is 3. The van der Waals surface area contributed by atoms with Crippen LogP contribution in [-0.4, -0.2) is 127 Å². The Morgan fingerprint density at radius 2 is 1.42 bits per heavy atom. The summed E-state index contributed by atoms with van der Waals surface area (Å²) >= 11 is 0. The van der Waals surface area contributed by atoms with E-state index in [1.54, 1.807) is 59.1 Å². The van der Waals surface area contributed by atoms with Crippen LogP contribution in [0.25, 0.3) is 0 Å². The molecule has 348 valence electrons. The number of primary amides is 1. The van der Waals surface area contributed by atoms with Gasteiger partial charge in [0.1, 0.15) is 18.0 Å². The molecule has 62 heavy (non-hydrogen) atoms. The minimum Gasteiger partial charge on any atom is -0.445 e. The molecule has 1 aliphatic rings. The van der Waals surface area contributed by atoms with Crippen LogP contribution in [0, 0.1) is 23.2 Å². The lowest BCUT2D eigenvalue weighted by atomic mass is 9.79. The number of piperidine rings is 1. The van der Waals surface area contributed by atoms with Crippen LogP contribution < -0.4 is 16.4 Å². The van der Waals surface area contributed by atoms with E-state index in [-0.39, 0.29) is 98.9 Å². The number of hydrogen-bond acceptors (Lipinski definition) is 11.